The van der Waals surface area contributed by atoms with Gasteiger partial charge in [-0.1, -0.05) is 30.3 Å². The molecular formula is C13H13N3O. The predicted molar refractivity (Wildman–Crippen MR) is 64.6 cm³/mol. The van der Waals surface area contributed by atoms with Crippen molar-refractivity contribution in [1.29, 1.82) is 0 Å². The first-order chi connectivity index (χ1) is 8.27. The van der Waals surface area contributed by atoms with E-state index in [9.17, 15) is 4.79 Å². The fraction of sp³-hybridized carbons (Fsp3) is 0.231. The first-order valence-electron chi connectivity index (χ1n) is 5.64. The average Bonchev–Trinajstić information content (AvgIpc) is 2.88. The highest BCUT2D eigenvalue weighted by Crippen LogP contribution is 2.34. The predicted octanol–water partition coefficient (Wildman–Crippen LogP) is 1.99. The van der Waals surface area contributed by atoms with Gasteiger partial charge in [0, 0.05) is 13.0 Å². The molecule has 0 aliphatic carbocycles. The molecule has 4 nitrogen and oxygen atoms in total. The lowest BCUT2D eigenvalue weighted by Gasteiger charge is -2.22. The van der Waals surface area contributed by atoms with Crippen LogP contribution in [0.5, 0.6) is 0 Å². The zero-order chi connectivity index (χ0) is 11.8. The van der Waals surface area contributed by atoms with Gasteiger partial charge in [-0.25, -0.2) is 4.68 Å². The van der Waals surface area contributed by atoms with Crippen molar-refractivity contribution in [3.63, 3.8) is 0 Å². The average molecular weight is 227 g/mol. The highest BCUT2D eigenvalue weighted by molar-refractivity contribution is 5.92. The standard InChI is InChI=1S/C13H13N3O/c1-10(17)16-12(11-5-3-2-4-6-11)9-15-13(16)7-8-14-15/h2-8,12H,9H2,1H3. The summed E-state index contributed by atoms with van der Waals surface area (Å²) < 4.78 is 1.87. The number of carbonyl (C=O) groups is 1. The van der Waals surface area contributed by atoms with Crippen LogP contribution in [0.1, 0.15) is 18.5 Å². The van der Waals surface area contributed by atoms with Crippen molar-refractivity contribution in [3.8, 4) is 0 Å². The molecule has 1 aliphatic rings. The van der Waals surface area contributed by atoms with Crippen LogP contribution in [-0.2, 0) is 11.3 Å². The summed E-state index contributed by atoms with van der Waals surface area (Å²) in [6, 6.07) is 12.0. The molecule has 0 saturated carbocycles. The topological polar surface area (TPSA) is 38.1 Å². The molecule has 3 rings (SSSR count). The van der Waals surface area contributed by atoms with Crippen molar-refractivity contribution >= 4 is 11.7 Å². The van der Waals surface area contributed by atoms with E-state index >= 15 is 0 Å². The van der Waals surface area contributed by atoms with E-state index < -0.39 is 0 Å². The molecule has 2 heterocycles. The number of hydrogen-bond donors (Lipinski definition) is 0. The van der Waals surface area contributed by atoms with Crippen LogP contribution in [-0.4, -0.2) is 15.7 Å². The quantitative estimate of drug-likeness (QED) is 0.747. The van der Waals surface area contributed by atoms with Crippen LogP contribution in [0.3, 0.4) is 0 Å². The summed E-state index contributed by atoms with van der Waals surface area (Å²) in [6.07, 6.45) is 1.73. The van der Waals surface area contributed by atoms with Crippen molar-refractivity contribution in [1.82, 2.24) is 9.78 Å². The van der Waals surface area contributed by atoms with E-state index in [2.05, 4.69) is 5.10 Å². The van der Waals surface area contributed by atoms with Gasteiger partial charge in [-0.3, -0.25) is 9.69 Å². The van der Waals surface area contributed by atoms with E-state index in [0.29, 0.717) is 0 Å². The molecule has 1 aliphatic heterocycles. The van der Waals surface area contributed by atoms with Gasteiger partial charge in [0.2, 0.25) is 5.91 Å². The van der Waals surface area contributed by atoms with Gasteiger partial charge in [0.1, 0.15) is 5.82 Å². The summed E-state index contributed by atoms with van der Waals surface area (Å²) >= 11 is 0. The first-order valence-corrected chi connectivity index (χ1v) is 5.64. The van der Waals surface area contributed by atoms with Crippen molar-refractivity contribution in [3.05, 3.63) is 48.2 Å². The van der Waals surface area contributed by atoms with Crippen molar-refractivity contribution in [2.45, 2.75) is 19.5 Å². The molecule has 2 aromatic rings. The Balaban J connectivity index is 2.03. The minimum atomic E-state index is 0.0538. The first kappa shape index (κ1) is 10.1. The molecule has 0 spiro atoms. The second kappa shape index (κ2) is 3.73. The Kier molecular flexibility index (Phi) is 2.21. The number of hydrogen-bond acceptors (Lipinski definition) is 2. The zero-order valence-corrected chi connectivity index (χ0v) is 9.58. The number of carbonyl (C=O) groups excluding carboxylic acids is 1. The summed E-state index contributed by atoms with van der Waals surface area (Å²) in [5.74, 6) is 0.935. The summed E-state index contributed by atoms with van der Waals surface area (Å²) in [5, 5.41) is 4.23. The molecule has 0 radical (unpaired) electrons. The van der Waals surface area contributed by atoms with Gasteiger partial charge in [0.25, 0.3) is 0 Å². The summed E-state index contributed by atoms with van der Waals surface area (Å²) in [4.78, 5) is 13.6. The zero-order valence-electron chi connectivity index (χ0n) is 9.58. The third-order valence-corrected chi connectivity index (χ3v) is 3.12. The third kappa shape index (κ3) is 1.53. The van der Waals surface area contributed by atoms with Gasteiger partial charge in [0.15, 0.2) is 0 Å². The Morgan fingerprint density at radius 3 is 2.76 bits per heavy atom. The minimum absolute atomic E-state index is 0.0538. The van der Waals surface area contributed by atoms with Crippen LogP contribution < -0.4 is 4.90 Å². The SMILES string of the molecule is CC(=O)N1c2ccnn2CC1c1ccccc1. The van der Waals surface area contributed by atoms with E-state index in [-0.39, 0.29) is 11.9 Å². The molecule has 1 amide bonds. The lowest BCUT2D eigenvalue weighted by atomic mass is 10.1. The molecule has 0 fully saturated rings. The summed E-state index contributed by atoms with van der Waals surface area (Å²) in [5.41, 5.74) is 1.15. The molecule has 0 bridgehead atoms. The van der Waals surface area contributed by atoms with Gasteiger partial charge in [-0.2, -0.15) is 5.10 Å². The van der Waals surface area contributed by atoms with Crippen LogP contribution in [0.25, 0.3) is 0 Å². The lowest BCUT2D eigenvalue weighted by molar-refractivity contribution is -0.116. The maximum absolute atomic E-state index is 11.8. The second-order valence-electron chi connectivity index (χ2n) is 4.19. The highest BCUT2D eigenvalue weighted by Gasteiger charge is 2.33. The van der Waals surface area contributed by atoms with Crippen molar-refractivity contribution in [2.24, 2.45) is 0 Å². The van der Waals surface area contributed by atoms with Gasteiger partial charge in [-0.15, -0.1) is 0 Å². The van der Waals surface area contributed by atoms with Crippen molar-refractivity contribution in [2.75, 3.05) is 4.90 Å². The molecule has 1 aromatic carbocycles. The Labute approximate surface area is 99.5 Å². The molecule has 1 unspecified atom stereocenters. The number of anilines is 1. The van der Waals surface area contributed by atoms with E-state index in [0.717, 1.165) is 17.9 Å². The minimum Gasteiger partial charge on any atom is -0.288 e. The monoisotopic (exact) mass is 227 g/mol. The number of rotatable bonds is 1. The molecular weight excluding hydrogens is 214 g/mol. The Bertz CT molecular complexity index is 547. The molecule has 17 heavy (non-hydrogen) atoms. The second-order valence-corrected chi connectivity index (χ2v) is 4.19. The van der Waals surface area contributed by atoms with E-state index in [4.69, 9.17) is 0 Å². The van der Waals surface area contributed by atoms with E-state index in [1.54, 1.807) is 13.1 Å². The maximum Gasteiger partial charge on any atom is 0.225 e. The molecule has 0 N–H and O–H groups in total. The lowest BCUT2D eigenvalue weighted by Crippen LogP contribution is -2.29. The van der Waals surface area contributed by atoms with Crippen LogP contribution in [0.2, 0.25) is 0 Å². The van der Waals surface area contributed by atoms with Crippen LogP contribution in [0.15, 0.2) is 42.6 Å². The molecule has 86 valence electrons. The van der Waals surface area contributed by atoms with Crippen LogP contribution >= 0.6 is 0 Å². The summed E-state index contributed by atoms with van der Waals surface area (Å²) in [7, 11) is 0. The fourth-order valence-corrected chi connectivity index (χ4v) is 2.39. The molecule has 1 atom stereocenters. The third-order valence-electron chi connectivity index (χ3n) is 3.12. The largest absolute Gasteiger partial charge is 0.288 e. The molecule has 0 saturated heterocycles. The smallest absolute Gasteiger partial charge is 0.225 e. The van der Waals surface area contributed by atoms with E-state index in [1.165, 1.54) is 0 Å². The molecule has 1 aromatic heterocycles. The highest BCUT2D eigenvalue weighted by atomic mass is 16.2. The number of nitrogens with zero attached hydrogens (tertiary/aromatic N) is 3. The fourth-order valence-electron chi connectivity index (χ4n) is 2.39. The van der Waals surface area contributed by atoms with Crippen LogP contribution in [0, 0.1) is 0 Å². The Hall–Kier alpha value is -2.10. The normalized spacial score (nSPS) is 18.2. The number of benzene rings is 1. The maximum atomic E-state index is 11.8. The van der Waals surface area contributed by atoms with Crippen LogP contribution in [0.4, 0.5) is 5.82 Å². The Morgan fingerprint density at radius 2 is 2.06 bits per heavy atom. The van der Waals surface area contributed by atoms with E-state index in [1.807, 2.05) is 46.0 Å². The van der Waals surface area contributed by atoms with Gasteiger partial charge < -0.3 is 0 Å². The number of aromatic nitrogens is 2. The van der Waals surface area contributed by atoms with Crippen molar-refractivity contribution < 1.29 is 4.79 Å². The van der Waals surface area contributed by atoms with Gasteiger partial charge >= 0.3 is 0 Å². The van der Waals surface area contributed by atoms with Gasteiger partial charge in [-0.05, 0) is 5.56 Å². The number of fused-ring (bicyclic) bond motifs is 1. The van der Waals surface area contributed by atoms with Gasteiger partial charge in [0.05, 0.1) is 18.8 Å². The summed E-state index contributed by atoms with van der Waals surface area (Å²) in [6.45, 7) is 2.32. The number of amides is 1. The molecule has 4 heteroatoms. The Morgan fingerprint density at radius 1 is 1.29 bits per heavy atom.